The zero-order valence-corrected chi connectivity index (χ0v) is 16.7. The van der Waals surface area contributed by atoms with Crippen molar-refractivity contribution >= 4 is 12.1 Å². The second kappa shape index (κ2) is 10.4. The first kappa shape index (κ1) is 22.5. The molecule has 0 aromatic heterocycles. The molecule has 0 atom stereocenters. The highest BCUT2D eigenvalue weighted by Gasteiger charge is 2.24. The van der Waals surface area contributed by atoms with E-state index in [9.17, 15) is 4.79 Å². The molecule has 0 aliphatic carbocycles. The number of carbonyl (C=O) groups is 1. The maximum absolute atomic E-state index is 11.9. The van der Waals surface area contributed by atoms with Crippen molar-refractivity contribution in [2.24, 2.45) is 4.99 Å². The first-order valence-corrected chi connectivity index (χ1v) is 8.63. The minimum atomic E-state index is -0.508. The zero-order valence-electron chi connectivity index (χ0n) is 16.7. The van der Waals surface area contributed by atoms with E-state index in [1.807, 2.05) is 41.5 Å². The van der Waals surface area contributed by atoms with Crippen molar-refractivity contribution < 1.29 is 9.53 Å². The van der Waals surface area contributed by atoms with Crippen molar-refractivity contribution in [1.29, 1.82) is 0 Å². The van der Waals surface area contributed by atoms with Crippen LogP contribution in [-0.2, 0) is 4.74 Å². The van der Waals surface area contributed by atoms with E-state index < -0.39 is 17.2 Å². The Kier molecular flexibility index (Phi) is 9.73. The molecule has 142 valence electrons. The van der Waals surface area contributed by atoms with Gasteiger partial charge in [-0.05, 0) is 68.6 Å². The minimum absolute atomic E-state index is 0.424. The molecule has 0 saturated carbocycles. The third kappa shape index (κ3) is 13.0. The van der Waals surface area contributed by atoms with Crippen molar-refractivity contribution in [3.8, 4) is 0 Å². The Balaban J connectivity index is 4.49. The number of nitrogens with zero attached hydrogens (tertiary/aromatic N) is 2. The van der Waals surface area contributed by atoms with Gasteiger partial charge < -0.3 is 25.6 Å². The van der Waals surface area contributed by atoms with E-state index in [0.29, 0.717) is 6.54 Å². The van der Waals surface area contributed by atoms with Crippen molar-refractivity contribution in [2.45, 2.75) is 59.1 Å². The predicted octanol–water partition coefficient (Wildman–Crippen LogP) is 1.80. The van der Waals surface area contributed by atoms with E-state index in [1.165, 1.54) is 0 Å². The summed E-state index contributed by atoms with van der Waals surface area (Å²) in [6.45, 7) is 14.5. The van der Waals surface area contributed by atoms with Crippen molar-refractivity contribution in [1.82, 2.24) is 20.9 Å². The summed E-state index contributed by atoms with van der Waals surface area (Å²) in [4.78, 5) is 18.6. The highest BCUT2D eigenvalue weighted by atomic mass is 16.6. The van der Waals surface area contributed by atoms with Crippen LogP contribution in [0.25, 0.3) is 0 Å². The fourth-order valence-electron chi connectivity index (χ4n) is 1.84. The Morgan fingerprint density at radius 3 is 2.25 bits per heavy atom. The Bertz CT molecular complexity index is 400. The van der Waals surface area contributed by atoms with Crippen LogP contribution in [0.4, 0.5) is 4.79 Å². The quantitative estimate of drug-likeness (QED) is 0.356. The number of amides is 1. The number of ether oxygens (including phenoxy) is 1. The van der Waals surface area contributed by atoms with Crippen LogP contribution in [0.2, 0.25) is 0 Å². The van der Waals surface area contributed by atoms with E-state index in [2.05, 4.69) is 39.9 Å². The first-order valence-electron chi connectivity index (χ1n) is 8.63. The SMILES string of the molecule is CCNC(=NCC(C)(C)NC(=O)OC(C)(C)C)NCCCN(C)C. The van der Waals surface area contributed by atoms with Crippen LogP contribution in [0.5, 0.6) is 0 Å². The van der Waals surface area contributed by atoms with E-state index in [1.54, 1.807) is 0 Å². The number of rotatable bonds is 8. The molecule has 0 aromatic rings. The zero-order chi connectivity index (χ0) is 18.8. The molecule has 0 rings (SSSR count). The van der Waals surface area contributed by atoms with Gasteiger partial charge in [-0.25, -0.2) is 4.79 Å². The molecular formula is C17H37N5O2. The van der Waals surface area contributed by atoms with Crippen LogP contribution in [0.3, 0.4) is 0 Å². The monoisotopic (exact) mass is 343 g/mol. The molecular weight excluding hydrogens is 306 g/mol. The molecule has 7 nitrogen and oxygen atoms in total. The summed E-state index contributed by atoms with van der Waals surface area (Å²) in [6, 6.07) is 0. The topological polar surface area (TPSA) is 78.0 Å². The summed E-state index contributed by atoms with van der Waals surface area (Å²) in [6.07, 6.45) is 0.614. The molecule has 0 spiro atoms. The number of hydrogen-bond donors (Lipinski definition) is 3. The van der Waals surface area contributed by atoms with Gasteiger partial charge in [0.25, 0.3) is 0 Å². The maximum Gasteiger partial charge on any atom is 0.408 e. The molecule has 1 amide bonds. The summed E-state index contributed by atoms with van der Waals surface area (Å²) in [5, 5.41) is 9.39. The Morgan fingerprint density at radius 2 is 1.75 bits per heavy atom. The molecule has 0 aliphatic heterocycles. The highest BCUT2D eigenvalue weighted by Crippen LogP contribution is 2.09. The number of hydrogen-bond acceptors (Lipinski definition) is 4. The number of alkyl carbamates (subject to hydrolysis) is 1. The molecule has 0 aromatic carbocycles. The van der Waals surface area contributed by atoms with Crippen LogP contribution in [0.1, 0.15) is 48.0 Å². The van der Waals surface area contributed by atoms with Crippen molar-refractivity contribution in [2.75, 3.05) is 40.3 Å². The fraction of sp³-hybridized carbons (Fsp3) is 0.882. The largest absolute Gasteiger partial charge is 0.444 e. The average molecular weight is 344 g/mol. The molecule has 0 aliphatic rings. The molecule has 0 radical (unpaired) electrons. The van der Waals surface area contributed by atoms with Gasteiger partial charge >= 0.3 is 6.09 Å². The normalized spacial score (nSPS) is 13.0. The lowest BCUT2D eigenvalue weighted by Crippen LogP contribution is -2.49. The fourth-order valence-corrected chi connectivity index (χ4v) is 1.84. The van der Waals surface area contributed by atoms with Crippen LogP contribution < -0.4 is 16.0 Å². The number of carbonyl (C=O) groups excluding carboxylic acids is 1. The summed E-state index contributed by atoms with van der Waals surface area (Å²) in [7, 11) is 4.12. The summed E-state index contributed by atoms with van der Waals surface area (Å²) < 4.78 is 5.30. The molecule has 7 heteroatoms. The van der Waals surface area contributed by atoms with Crippen LogP contribution in [-0.4, -0.2) is 68.4 Å². The van der Waals surface area contributed by atoms with Gasteiger partial charge in [0.15, 0.2) is 5.96 Å². The second-order valence-corrected chi connectivity index (χ2v) is 7.79. The Hall–Kier alpha value is -1.50. The molecule has 0 heterocycles. The van der Waals surface area contributed by atoms with Crippen LogP contribution in [0.15, 0.2) is 4.99 Å². The second-order valence-electron chi connectivity index (χ2n) is 7.79. The lowest BCUT2D eigenvalue weighted by Gasteiger charge is -2.27. The third-order valence-electron chi connectivity index (χ3n) is 2.89. The predicted molar refractivity (Wildman–Crippen MR) is 101 cm³/mol. The molecule has 24 heavy (non-hydrogen) atoms. The lowest BCUT2D eigenvalue weighted by molar-refractivity contribution is 0.0476. The number of aliphatic imine (C=N–C) groups is 1. The van der Waals surface area contributed by atoms with E-state index in [-0.39, 0.29) is 0 Å². The van der Waals surface area contributed by atoms with E-state index >= 15 is 0 Å². The van der Waals surface area contributed by atoms with Gasteiger partial charge in [-0.15, -0.1) is 0 Å². The maximum atomic E-state index is 11.9. The van der Waals surface area contributed by atoms with E-state index in [0.717, 1.165) is 32.0 Å². The number of guanidine groups is 1. The molecule has 0 saturated heterocycles. The smallest absolute Gasteiger partial charge is 0.408 e. The molecule has 0 bridgehead atoms. The van der Waals surface area contributed by atoms with Gasteiger partial charge in [0.1, 0.15) is 5.60 Å². The Morgan fingerprint density at radius 1 is 1.12 bits per heavy atom. The summed E-state index contributed by atoms with van der Waals surface area (Å²) in [5.41, 5.74) is -0.999. The Labute approximate surface area is 147 Å². The van der Waals surface area contributed by atoms with Crippen LogP contribution in [0, 0.1) is 0 Å². The first-order chi connectivity index (χ1) is 10.9. The third-order valence-corrected chi connectivity index (χ3v) is 2.89. The van der Waals surface area contributed by atoms with Gasteiger partial charge in [-0.2, -0.15) is 0 Å². The van der Waals surface area contributed by atoms with Gasteiger partial charge in [0.2, 0.25) is 0 Å². The molecule has 0 fully saturated rings. The highest BCUT2D eigenvalue weighted by molar-refractivity contribution is 5.79. The number of nitrogens with one attached hydrogen (secondary N) is 3. The molecule has 3 N–H and O–H groups in total. The summed E-state index contributed by atoms with van der Waals surface area (Å²) in [5.74, 6) is 0.760. The van der Waals surface area contributed by atoms with Gasteiger partial charge in [-0.3, -0.25) is 4.99 Å². The van der Waals surface area contributed by atoms with Gasteiger partial charge in [0, 0.05) is 13.1 Å². The van der Waals surface area contributed by atoms with Crippen LogP contribution >= 0.6 is 0 Å². The van der Waals surface area contributed by atoms with E-state index in [4.69, 9.17) is 4.74 Å². The minimum Gasteiger partial charge on any atom is -0.444 e. The van der Waals surface area contributed by atoms with Gasteiger partial charge in [0.05, 0.1) is 12.1 Å². The van der Waals surface area contributed by atoms with Crippen molar-refractivity contribution in [3.05, 3.63) is 0 Å². The molecule has 0 unspecified atom stereocenters. The van der Waals surface area contributed by atoms with Gasteiger partial charge in [-0.1, -0.05) is 0 Å². The average Bonchev–Trinajstić information content (AvgIpc) is 2.37. The van der Waals surface area contributed by atoms with Crippen molar-refractivity contribution in [3.63, 3.8) is 0 Å². The lowest BCUT2D eigenvalue weighted by atomic mass is 10.1. The standard InChI is InChI=1S/C17H37N5O2/c1-9-18-14(19-11-10-12-22(7)8)20-13-17(5,6)21-15(23)24-16(2,3)4/h9-13H2,1-8H3,(H,21,23)(H2,18,19,20). The summed E-state index contributed by atoms with van der Waals surface area (Å²) >= 11 is 0.